The van der Waals surface area contributed by atoms with Gasteiger partial charge in [0.15, 0.2) is 11.6 Å². The molecule has 0 spiro atoms. The van der Waals surface area contributed by atoms with Gasteiger partial charge in [-0.05, 0) is 18.2 Å². The molecule has 0 saturated carbocycles. The Kier molecular flexibility index (Phi) is 2.73. The minimum Gasteiger partial charge on any atom is -0.382 e. The Labute approximate surface area is 113 Å². The summed E-state index contributed by atoms with van der Waals surface area (Å²) in [5, 5.41) is 8.87. The largest absolute Gasteiger partial charge is 0.382 e. The van der Waals surface area contributed by atoms with Crippen LogP contribution in [0.4, 0.5) is 10.2 Å². The highest BCUT2D eigenvalue weighted by atomic mass is 19.1. The molecule has 3 rings (SSSR count). The van der Waals surface area contributed by atoms with E-state index in [1.54, 1.807) is 24.3 Å². The van der Waals surface area contributed by atoms with Crippen molar-refractivity contribution in [2.75, 3.05) is 5.73 Å². The maximum Gasteiger partial charge on any atom is 0.165 e. The second-order valence-corrected chi connectivity index (χ2v) is 4.12. The van der Waals surface area contributed by atoms with E-state index in [4.69, 9.17) is 11.0 Å². The summed E-state index contributed by atoms with van der Waals surface area (Å²) in [5.74, 6) is -0.113. The first kappa shape index (κ1) is 12.0. The molecule has 5 nitrogen and oxygen atoms in total. The van der Waals surface area contributed by atoms with E-state index < -0.39 is 5.82 Å². The number of hydrogen-bond acceptors (Lipinski definition) is 5. The Bertz CT molecular complexity index is 854. The van der Waals surface area contributed by atoms with Gasteiger partial charge in [0.05, 0.1) is 16.6 Å². The molecule has 6 heteroatoms. The van der Waals surface area contributed by atoms with E-state index in [9.17, 15) is 4.39 Å². The number of halogens is 1. The molecule has 0 aliphatic heterocycles. The molecule has 3 aromatic rings. The van der Waals surface area contributed by atoms with Crippen LogP contribution in [0, 0.1) is 17.1 Å². The smallest absolute Gasteiger partial charge is 0.165 e. The van der Waals surface area contributed by atoms with Gasteiger partial charge >= 0.3 is 0 Å². The van der Waals surface area contributed by atoms with Crippen molar-refractivity contribution in [3.63, 3.8) is 0 Å². The quantitative estimate of drug-likeness (QED) is 0.729. The average molecular weight is 265 g/mol. The van der Waals surface area contributed by atoms with Gasteiger partial charge in [-0.3, -0.25) is 0 Å². The molecule has 0 aliphatic carbocycles. The van der Waals surface area contributed by atoms with Crippen LogP contribution in [0.25, 0.3) is 22.4 Å². The van der Waals surface area contributed by atoms with Crippen molar-refractivity contribution in [1.82, 2.24) is 15.0 Å². The fraction of sp³-hybridized carbons (Fsp3) is 0. The first-order valence-electron chi connectivity index (χ1n) is 5.77. The van der Waals surface area contributed by atoms with Gasteiger partial charge in [-0.1, -0.05) is 12.1 Å². The van der Waals surface area contributed by atoms with Crippen molar-refractivity contribution in [2.45, 2.75) is 0 Å². The number of nitriles is 1. The van der Waals surface area contributed by atoms with E-state index in [0.717, 1.165) is 0 Å². The van der Waals surface area contributed by atoms with E-state index in [-0.39, 0.29) is 17.2 Å². The lowest BCUT2D eigenvalue weighted by molar-refractivity contribution is 0.630. The van der Waals surface area contributed by atoms with E-state index >= 15 is 0 Å². The highest BCUT2D eigenvalue weighted by Crippen LogP contribution is 2.23. The third kappa shape index (κ3) is 1.91. The second-order valence-electron chi connectivity index (χ2n) is 4.12. The number of nitrogens with zero attached hydrogens (tertiary/aromatic N) is 4. The SMILES string of the molecule is N#Cc1cnc2c(N)nc(-c3ccccc3F)nc2c1. The van der Waals surface area contributed by atoms with Crippen molar-refractivity contribution in [3.8, 4) is 17.5 Å². The van der Waals surface area contributed by atoms with Gasteiger partial charge in [-0.15, -0.1) is 0 Å². The van der Waals surface area contributed by atoms with Crippen LogP contribution in [-0.4, -0.2) is 15.0 Å². The summed E-state index contributed by atoms with van der Waals surface area (Å²) < 4.78 is 13.8. The minimum atomic E-state index is -0.435. The monoisotopic (exact) mass is 265 g/mol. The molecular formula is C14H8FN5. The molecule has 0 atom stereocenters. The zero-order chi connectivity index (χ0) is 14.1. The van der Waals surface area contributed by atoms with E-state index in [1.165, 1.54) is 12.3 Å². The van der Waals surface area contributed by atoms with Crippen molar-refractivity contribution >= 4 is 16.9 Å². The second kappa shape index (κ2) is 4.55. The number of benzene rings is 1. The predicted octanol–water partition coefficient (Wildman–Crippen LogP) is 2.28. The van der Waals surface area contributed by atoms with Crippen LogP contribution in [0.3, 0.4) is 0 Å². The molecule has 2 N–H and O–H groups in total. The molecule has 96 valence electrons. The van der Waals surface area contributed by atoms with Gasteiger partial charge in [-0.25, -0.2) is 19.3 Å². The first-order chi connectivity index (χ1) is 9.69. The third-order valence-corrected chi connectivity index (χ3v) is 2.81. The van der Waals surface area contributed by atoms with Crippen molar-refractivity contribution in [2.24, 2.45) is 0 Å². The molecule has 0 saturated heterocycles. The molecule has 0 unspecified atom stereocenters. The molecule has 2 heterocycles. The standard InChI is InChI=1S/C14H8FN5/c15-10-4-2-1-3-9(10)14-19-11-5-8(6-16)7-18-12(11)13(17)20-14/h1-5,7H,(H2,17,19,20). The number of pyridine rings is 1. The van der Waals surface area contributed by atoms with Gasteiger partial charge in [0.1, 0.15) is 17.4 Å². The van der Waals surface area contributed by atoms with Gasteiger partial charge in [0.2, 0.25) is 0 Å². The van der Waals surface area contributed by atoms with E-state index in [0.29, 0.717) is 16.6 Å². The first-order valence-corrected chi connectivity index (χ1v) is 5.77. The highest BCUT2D eigenvalue weighted by molar-refractivity contribution is 5.86. The summed E-state index contributed by atoms with van der Waals surface area (Å²) in [6.07, 6.45) is 1.39. The van der Waals surface area contributed by atoms with Crippen LogP contribution in [0.1, 0.15) is 5.56 Å². The minimum absolute atomic E-state index is 0.151. The lowest BCUT2D eigenvalue weighted by Crippen LogP contribution is -2.00. The normalized spacial score (nSPS) is 10.4. The summed E-state index contributed by atoms with van der Waals surface area (Å²) in [7, 11) is 0. The van der Waals surface area contributed by atoms with Crippen molar-refractivity contribution in [1.29, 1.82) is 5.26 Å². The summed E-state index contributed by atoms with van der Waals surface area (Å²) >= 11 is 0. The lowest BCUT2D eigenvalue weighted by atomic mass is 10.2. The summed E-state index contributed by atoms with van der Waals surface area (Å²) in [6.45, 7) is 0. The van der Waals surface area contributed by atoms with Gasteiger partial charge in [0, 0.05) is 6.20 Å². The molecule has 2 aromatic heterocycles. The summed E-state index contributed by atoms with van der Waals surface area (Å²) in [6, 6.07) is 9.68. The fourth-order valence-corrected chi connectivity index (χ4v) is 1.87. The molecular weight excluding hydrogens is 257 g/mol. The third-order valence-electron chi connectivity index (χ3n) is 2.81. The molecule has 0 fully saturated rings. The average Bonchev–Trinajstić information content (AvgIpc) is 2.47. The molecule has 0 radical (unpaired) electrons. The zero-order valence-electron chi connectivity index (χ0n) is 10.2. The maximum atomic E-state index is 13.8. The van der Waals surface area contributed by atoms with Crippen LogP contribution in [0.2, 0.25) is 0 Å². The van der Waals surface area contributed by atoms with Crippen molar-refractivity contribution in [3.05, 3.63) is 47.9 Å². The Morgan fingerprint density at radius 3 is 2.75 bits per heavy atom. The molecule has 20 heavy (non-hydrogen) atoms. The predicted molar refractivity (Wildman–Crippen MR) is 71.9 cm³/mol. The Balaban J connectivity index is 2.29. The molecule has 0 bridgehead atoms. The van der Waals surface area contributed by atoms with Gasteiger partial charge in [-0.2, -0.15) is 5.26 Å². The lowest BCUT2D eigenvalue weighted by Gasteiger charge is -2.05. The van der Waals surface area contributed by atoms with Crippen LogP contribution in [0.15, 0.2) is 36.5 Å². The van der Waals surface area contributed by atoms with Gasteiger partial charge < -0.3 is 5.73 Å². The van der Waals surface area contributed by atoms with E-state index in [1.807, 2.05) is 6.07 Å². The van der Waals surface area contributed by atoms with Crippen LogP contribution in [-0.2, 0) is 0 Å². The maximum absolute atomic E-state index is 13.8. The summed E-state index contributed by atoms with van der Waals surface area (Å²) in [5.41, 5.74) is 7.23. The van der Waals surface area contributed by atoms with Crippen LogP contribution >= 0.6 is 0 Å². The molecule has 1 aromatic carbocycles. The molecule has 0 aliphatic rings. The Hall–Kier alpha value is -3.07. The number of fused-ring (bicyclic) bond motifs is 1. The highest BCUT2D eigenvalue weighted by Gasteiger charge is 2.12. The number of nitrogens with two attached hydrogens (primary N) is 1. The van der Waals surface area contributed by atoms with Crippen LogP contribution < -0.4 is 5.73 Å². The Morgan fingerprint density at radius 2 is 2.00 bits per heavy atom. The number of aromatic nitrogens is 3. The number of anilines is 1. The van der Waals surface area contributed by atoms with Crippen LogP contribution in [0.5, 0.6) is 0 Å². The fourth-order valence-electron chi connectivity index (χ4n) is 1.87. The summed E-state index contributed by atoms with van der Waals surface area (Å²) in [4.78, 5) is 12.3. The molecule has 0 amide bonds. The number of hydrogen-bond donors (Lipinski definition) is 1. The number of nitrogen functional groups attached to an aromatic ring is 1. The Morgan fingerprint density at radius 1 is 1.20 bits per heavy atom. The zero-order valence-corrected chi connectivity index (χ0v) is 10.2. The number of rotatable bonds is 1. The van der Waals surface area contributed by atoms with Crippen molar-refractivity contribution < 1.29 is 4.39 Å². The topological polar surface area (TPSA) is 88.5 Å². The van der Waals surface area contributed by atoms with E-state index in [2.05, 4.69) is 15.0 Å². The van der Waals surface area contributed by atoms with Gasteiger partial charge in [0.25, 0.3) is 0 Å².